The van der Waals surface area contributed by atoms with Gasteiger partial charge in [0.15, 0.2) is 11.5 Å². The van der Waals surface area contributed by atoms with Gasteiger partial charge in [0.1, 0.15) is 5.82 Å². The van der Waals surface area contributed by atoms with Crippen LogP contribution in [0, 0.1) is 0 Å². The molecule has 0 atom stereocenters. The van der Waals surface area contributed by atoms with E-state index in [0.29, 0.717) is 5.56 Å². The number of aromatic nitrogens is 3. The number of hydrogen-bond acceptors (Lipinski definition) is 7. The smallest absolute Gasteiger partial charge is 0.352 e. The molecule has 1 heterocycles. The highest BCUT2D eigenvalue weighted by Gasteiger charge is 2.11. The van der Waals surface area contributed by atoms with Crippen molar-refractivity contribution in [2.24, 2.45) is 12.9 Å². The van der Waals surface area contributed by atoms with Crippen LogP contribution in [0.25, 0.3) is 11.4 Å². The molecule has 0 aliphatic heterocycles. The van der Waals surface area contributed by atoms with Crippen molar-refractivity contribution in [1.29, 1.82) is 0 Å². The van der Waals surface area contributed by atoms with Crippen molar-refractivity contribution in [1.82, 2.24) is 14.5 Å². The van der Waals surface area contributed by atoms with E-state index in [-0.39, 0.29) is 23.3 Å². The van der Waals surface area contributed by atoms with Crippen LogP contribution in [0.2, 0.25) is 0 Å². The lowest BCUT2D eigenvalue weighted by atomic mass is 10.2. The summed E-state index contributed by atoms with van der Waals surface area (Å²) in [6.07, 6.45) is 9.90. The summed E-state index contributed by atoms with van der Waals surface area (Å²) in [6.45, 7) is 0. The highest BCUT2D eigenvalue weighted by molar-refractivity contribution is 5.61. The molecule has 25 heavy (non-hydrogen) atoms. The number of fused-ring (bicyclic) bond motifs is 2. The molecule has 2 aromatic rings. The molecular formula is C17H17N5O3. The van der Waals surface area contributed by atoms with Crippen molar-refractivity contribution in [3.8, 4) is 22.9 Å². The van der Waals surface area contributed by atoms with E-state index in [1.165, 1.54) is 47.4 Å². The van der Waals surface area contributed by atoms with E-state index in [4.69, 9.17) is 5.84 Å². The SMILES string of the molecule is C1=CC2=CC=C1C2.Cn1c(-c2ccc(O)c(O)c2)nc(NN)nc1=O. The van der Waals surface area contributed by atoms with Crippen LogP contribution in [0.4, 0.5) is 5.95 Å². The Balaban J connectivity index is 0.000000213. The van der Waals surface area contributed by atoms with Gasteiger partial charge in [0.25, 0.3) is 0 Å². The molecule has 0 amide bonds. The molecule has 2 bridgehead atoms. The predicted octanol–water partition coefficient (Wildman–Crippen LogP) is 1.35. The molecular weight excluding hydrogens is 322 g/mol. The lowest BCUT2D eigenvalue weighted by Crippen LogP contribution is -2.26. The fourth-order valence-corrected chi connectivity index (χ4v) is 2.45. The first-order valence-electron chi connectivity index (χ1n) is 7.50. The zero-order valence-electron chi connectivity index (χ0n) is 13.5. The number of nitrogens with zero attached hydrogens (tertiary/aromatic N) is 3. The zero-order chi connectivity index (χ0) is 18.0. The summed E-state index contributed by atoms with van der Waals surface area (Å²) < 4.78 is 1.20. The molecule has 5 N–H and O–H groups in total. The Labute approximate surface area is 143 Å². The lowest BCUT2D eigenvalue weighted by molar-refractivity contribution is 0.404. The number of anilines is 1. The molecule has 128 valence electrons. The van der Waals surface area contributed by atoms with Gasteiger partial charge in [0.05, 0.1) is 0 Å². The summed E-state index contributed by atoms with van der Waals surface area (Å²) in [6, 6.07) is 4.10. The molecule has 0 fully saturated rings. The molecule has 2 aliphatic carbocycles. The second kappa shape index (κ2) is 6.62. The Morgan fingerprint density at radius 2 is 1.80 bits per heavy atom. The minimum Gasteiger partial charge on any atom is -0.504 e. The molecule has 1 aromatic heterocycles. The van der Waals surface area contributed by atoms with Crippen LogP contribution in [0.1, 0.15) is 6.42 Å². The number of benzene rings is 1. The second-order valence-electron chi connectivity index (χ2n) is 5.55. The number of rotatable bonds is 2. The monoisotopic (exact) mass is 339 g/mol. The largest absolute Gasteiger partial charge is 0.504 e. The first-order chi connectivity index (χ1) is 12.0. The minimum absolute atomic E-state index is 0.0272. The van der Waals surface area contributed by atoms with E-state index >= 15 is 0 Å². The Hall–Kier alpha value is -3.39. The zero-order valence-corrected chi connectivity index (χ0v) is 13.5. The van der Waals surface area contributed by atoms with Crippen LogP contribution in [0.5, 0.6) is 11.5 Å². The maximum atomic E-state index is 11.5. The number of nitrogen functional groups attached to an aromatic ring is 1. The summed E-state index contributed by atoms with van der Waals surface area (Å²) >= 11 is 0. The summed E-state index contributed by atoms with van der Waals surface area (Å²) in [7, 11) is 1.49. The summed E-state index contributed by atoms with van der Waals surface area (Å²) in [4.78, 5) is 19.1. The van der Waals surface area contributed by atoms with Gasteiger partial charge < -0.3 is 10.2 Å². The fourth-order valence-electron chi connectivity index (χ4n) is 2.45. The van der Waals surface area contributed by atoms with Crippen molar-refractivity contribution in [2.75, 3.05) is 5.43 Å². The molecule has 2 aliphatic rings. The average molecular weight is 339 g/mol. The topological polar surface area (TPSA) is 126 Å². The fraction of sp³-hybridized carbons (Fsp3) is 0.118. The third-order valence-electron chi connectivity index (χ3n) is 3.81. The molecule has 0 radical (unpaired) electrons. The Morgan fingerprint density at radius 3 is 2.28 bits per heavy atom. The van der Waals surface area contributed by atoms with Gasteiger partial charge in [-0.25, -0.2) is 10.6 Å². The van der Waals surface area contributed by atoms with Gasteiger partial charge in [-0.3, -0.25) is 9.99 Å². The number of phenolic OH excluding ortho intramolecular Hbond substituents is 2. The van der Waals surface area contributed by atoms with Gasteiger partial charge in [0, 0.05) is 12.6 Å². The van der Waals surface area contributed by atoms with Crippen molar-refractivity contribution in [3.05, 3.63) is 64.1 Å². The van der Waals surface area contributed by atoms with E-state index in [0.717, 1.165) is 0 Å². The van der Waals surface area contributed by atoms with Crippen LogP contribution >= 0.6 is 0 Å². The lowest BCUT2D eigenvalue weighted by Gasteiger charge is -2.08. The van der Waals surface area contributed by atoms with Crippen LogP contribution < -0.4 is 17.0 Å². The molecule has 0 spiro atoms. The van der Waals surface area contributed by atoms with E-state index < -0.39 is 5.69 Å². The first kappa shape index (κ1) is 16.5. The Bertz CT molecular complexity index is 953. The van der Waals surface area contributed by atoms with Crippen LogP contribution in [-0.2, 0) is 7.05 Å². The van der Waals surface area contributed by atoms with Crippen molar-refractivity contribution < 1.29 is 10.2 Å². The van der Waals surface area contributed by atoms with Gasteiger partial charge in [-0.1, -0.05) is 24.3 Å². The predicted molar refractivity (Wildman–Crippen MR) is 93.8 cm³/mol. The highest BCUT2D eigenvalue weighted by atomic mass is 16.3. The molecule has 1 aromatic carbocycles. The van der Waals surface area contributed by atoms with Gasteiger partial charge in [-0.15, -0.1) is 0 Å². The second-order valence-corrected chi connectivity index (χ2v) is 5.55. The molecule has 8 nitrogen and oxygen atoms in total. The van der Waals surface area contributed by atoms with E-state index in [1.54, 1.807) is 0 Å². The molecule has 4 rings (SSSR count). The first-order valence-corrected chi connectivity index (χ1v) is 7.50. The summed E-state index contributed by atoms with van der Waals surface area (Å²) in [5.41, 5.74) is 5.03. The van der Waals surface area contributed by atoms with Gasteiger partial charge in [0.2, 0.25) is 5.95 Å². The van der Waals surface area contributed by atoms with Gasteiger partial charge >= 0.3 is 5.69 Å². The maximum Gasteiger partial charge on any atom is 0.352 e. The quantitative estimate of drug-likeness (QED) is 0.369. The van der Waals surface area contributed by atoms with Gasteiger partial charge in [-0.2, -0.15) is 9.97 Å². The minimum atomic E-state index is -0.541. The molecule has 0 saturated heterocycles. The number of phenols is 2. The number of nitrogens with one attached hydrogen (secondary N) is 1. The van der Waals surface area contributed by atoms with Crippen LogP contribution in [-0.4, -0.2) is 24.7 Å². The van der Waals surface area contributed by atoms with Crippen molar-refractivity contribution >= 4 is 5.95 Å². The average Bonchev–Trinajstić information content (AvgIpc) is 3.26. The van der Waals surface area contributed by atoms with E-state index in [1.807, 2.05) is 0 Å². The molecule has 8 heteroatoms. The third kappa shape index (κ3) is 3.43. The number of hydrazine groups is 1. The van der Waals surface area contributed by atoms with Gasteiger partial charge in [-0.05, 0) is 35.8 Å². The summed E-state index contributed by atoms with van der Waals surface area (Å²) in [5, 5.41) is 18.7. The standard InChI is InChI=1S/C10H11N5O3.C7H6/c1-15-8(12-9(14-11)13-10(15)18)5-2-3-6(16)7(17)4-5;1-2-7-4-3-6(1)5-7/h2-4,16-17H,11H2,1H3,(H,13,14,18);1-4H,5H2. The Morgan fingerprint density at radius 1 is 1.12 bits per heavy atom. The van der Waals surface area contributed by atoms with Crippen molar-refractivity contribution in [3.63, 3.8) is 0 Å². The third-order valence-corrected chi connectivity index (χ3v) is 3.81. The normalized spacial score (nSPS) is 13.8. The molecule has 0 unspecified atom stereocenters. The Kier molecular flexibility index (Phi) is 4.36. The highest BCUT2D eigenvalue weighted by Crippen LogP contribution is 2.29. The van der Waals surface area contributed by atoms with Crippen LogP contribution in [0.15, 0.2) is 58.4 Å². The number of aromatic hydroxyl groups is 2. The van der Waals surface area contributed by atoms with E-state index in [2.05, 4.69) is 39.7 Å². The number of hydrogen-bond donors (Lipinski definition) is 4. The molecule has 0 saturated carbocycles. The number of allylic oxidation sites excluding steroid dienone is 6. The van der Waals surface area contributed by atoms with Crippen molar-refractivity contribution in [2.45, 2.75) is 6.42 Å². The van der Waals surface area contributed by atoms with E-state index in [9.17, 15) is 15.0 Å². The maximum absolute atomic E-state index is 11.5. The van der Waals surface area contributed by atoms with Crippen LogP contribution in [0.3, 0.4) is 0 Å². The summed E-state index contributed by atoms with van der Waals surface area (Å²) in [5.74, 6) is 4.83. The number of nitrogens with two attached hydrogens (primary N) is 1.